The van der Waals surface area contributed by atoms with Crippen LogP contribution in [0.1, 0.15) is 44.2 Å². The molecule has 1 atom stereocenters. The van der Waals surface area contributed by atoms with E-state index < -0.39 is 0 Å². The zero-order valence-corrected chi connectivity index (χ0v) is 12.9. The van der Waals surface area contributed by atoms with E-state index in [1.807, 2.05) is 13.0 Å². The third-order valence-corrected chi connectivity index (χ3v) is 4.98. The number of halogens is 1. The highest BCUT2D eigenvalue weighted by Crippen LogP contribution is 2.30. The first-order chi connectivity index (χ1) is 10.2. The number of hydrogen-bond donors (Lipinski definition) is 1. The van der Waals surface area contributed by atoms with Gasteiger partial charge in [0, 0.05) is 38.3 Å². The minimum Gasteiger partial charge on any atom is -0.366 e. The number of para-hydroxylation sites is 1. The van der Waals surface area contributed by atoms with E-state index in [1.54, 1.807) is 12.1 Å². The van der Waals surface area contributed by atoms with E-state index in [0.29, 0.717) is 0 Å². The van der Waals surface area contributed by atoms with Crippen molar-refractivity contribution in [3.8, 4) is 0 Å². The summed E-state index contributed by atoms with van der Waals surface area (Å²) >= 11 is 0. The summed E-state index contributed by atoms with van der Waals surface area (Å²) in [6, 6.07) is 5.88. The number of hydrogen-bond acceptors (Lipinski definition) is 3. The van der Waals surface area contributed by atoms with E-state index in [2.05, 4.69) is 9.80 Å². The average Bonchev–Trinajstić information content (AvgIpc) is 3.01. The van der Waals surface area contributed by atoms with Crippen molar-refractivity contribution in [2.45, 2.75) is 44.7 Å². The summed E-state index contributed by atoms with van der Waals surface area (Å²) in [6.07, 6.45) is 5.41. The van der Waals surface area contributed by atoms with Crippen LogP contribution in [0.25, 0.3) is 0 Å². The van der Waals surface area contributed by atoms with Gasteiger partial charge in [0.1, 0.15) is 5.82 Å². The molecule has 0 unspecified atom stereocenters. The maximum absolute atomic E-state index is 14.3. The molecule has 3 nitrogen and oxygen atoms in total. The van der Waals surface area contributed by atoms with Crippen LogP contribution >= 0.6 is 0 Å². The molecule has 4 heteroatoms. The Morgan fingerprint density at radius 1 is 1.14 bits per heavy atom. The van der Waals surface area contributed by atoms with Crippen LogP contribution < -0.4 is 10.6 Å². The van der Waals surface area contributed by atoms with Crippen molar-refractivity contribution in [2.24, 2.45) is 5.73 Å². The number of benzene rings is 1. The normalized spacial score (nSPS) is 22.7. The van der Waals surface area contributed by atoms with Crippen LogP contribution in [-0.4, -0.2) is 37.1 Å². The number of nitrogens with zero attached hydrogens (tertiary/aromatic N) is 2. The summed E-state index contributed by atoms with van der Waals surface area (Å²) in [6.45, 7) is 5.80. The molecule has 0 bridgehead atoms. The third kappa shape index (κ3) is 3.06. The first-order valence-electron chi connectivity index (χ1n) is 8.20. The Balaban J connectivity index is 1.72. The second-order valence-electron chi connectivity index (χ2n) is 6.43. The molecule has 1 aromatic rings. The highest BCUT2D eigenvalue weighted by atomic mass is 19.1. The molecule has 0 aromatic heterocycles. The molecule has 1 saturated carbocycles. The Kier molecular flexibility index (Phi) is 4.45. The molecule has 1 aliphatic carbocycles. The fourth-order valence-electron chi connectivity index (χ4n) is 3.81. The van der Waals surface area contributed by atoms with Gasteiger partial charge in [0.25, 0.3) is 0 Å². The van der Waals surface area contributed by atoms with Gasteiger partial charge < -0.3 is 10.6 Å². The number of nitrogens with two attached hydrogens (primary N) is 1. The number of anilines is 1. The van der Waals surface area contributed by atoms with Crippen LogP contribution in [0.3, 0.4) is 0 Å². The van der Waals surface area contributed by atoms with Gasteiger partial charge in [-0.15, -0.1) is 0 Å². The molecule has 3 rings (SSSR count). The zero-order chi connectivity index (χ0) is 14.8. The van der Waals surface area contributed by atoms with Gasteiger partial charge in [-0.25, -0.2) is 4.39 Å². The van der Waals surface area contributed by atoms with Crippen LogP contribution in [0, 0.1) is 5.82 Å². The third-order valence-electron chi connectivity index (χ3n) is 4.98. The maximum atomic E-state index is 14.3. The SMILES string of the molecule is C[C@@H](N)c1cccc(F)c1N1CCN(C2CCCC2)CC1. The van der Waals surface area contributed by atoms with Crippen LogP contribution in [0.4, 0.5) is 10.1 Å². The summed E-state index contributed by atoms with van der Waals surface area (Å²) in [5, 5.41) is 0. The largest absolute Gasteiger partial charge is 0.366 e. The lowest BCUT2D eigenvalue weighted by Crippen LogP contribution is -2.50. The topological polar surface area (TPSA) is 32.5 Å². The van der Waals surface area contributed by atoms with Gasteiger partial charge >= 0.3 is 0 Å². The summed E-state index contributed by atoms with van der Waals surface area (Å²) in [5.41, 5.74) is 7.65. The lowest BCUT2D eigenvalue weighted by Gasteiger charge is -2.40. The van der Waals surface area contributed by atoms with E-state index in [9.17, 15) is 4.39 Å². The summed E-state index contributed by atoms with van der Waals surface area (Å²) in [5.74, 6) is -0.140. The van der Waals surface area contributed by atoms with Crippen molar-refractivity contribution in [1.82, 2.24) is 4.90 Å². The maximum Gasteiger partial charge on any atom is 0.146 e. The van der Waals surface area contributed by atoms with Crippen LogP contribution in [-0.2, 0) is 0 Å². The standard InChI is InChI=1S/C17H26FN3/c1-13(19)15-7-4-8-16(18)17(15)21-11-9-20(10-12-21)14-5-2-3-6-14/h4,7-8,13-14H,2-3,5-6,9-12,19H2,1H3/t13-/m1/s1. The van der Waals surface area contributed by atoms with Crippen molar-refractivity contribution < 1.29 is 4.39 Å². The molecule has 2 aliphatic rings. The number of piperazine rings is 1. The minimum absolute atomic E-state index is 0.136. The van der Waals surface area contributed by atoms with E-state index in [4.69, 9.17) is 5.73 Å². The van der Waals surface area contributed by atoms with E-state index in [0.717, 1.165) is 43.5 Å². The smallest absolute Gasteiger partial charge is 0.146 e. The molecule has 0 spiro atoms. The Labute approximate surface area is 126 Å². The van der Waals surface area contributed by atoms with E-state index >= 15 is 0 Å². The predicted octanol–water partition coefficient (Wildman–Crippen LogP) is 2.91. The first-order valence-corrected chi connectivity index (χ1v) is 8.20. The second kappa shape index (κ2) is 6.32. The molecule has 116 valence electrons. The monoisotopic (exact) mass is 291 g/mol. The predicted molar refractivity (Wildman–Crippen MR) is 85.0 cm³/mol. The highest BCUT2D eigenvalue weighted by molar-refractivity contribution is 5.56. The lowest BCUT2D eigenvalue weighted by molar-refractivity contribution is 0.187. The van der Waals surface area contributed by atoms with Crippen molar-refractivity contribution in [3.05, 3.63) is 29.6 Å². The van der Waals surface area contributed by atoms with E-state index in [1.165, 1.54) is 25.7 Å². The van der Waals surface area contributed by atoms with Gasteiger partial charge in [-0.2, -0.15) is 0 Å². The molecule has 1 saturated heterocycles. The fraction of sp³-hybridized carbons (Fsp3) is 0.647. The summed E-state index contributed by atoms with van der Waals surface area (Å²) in [4.78, 5) is 4.77. The Morgan fingerprint density at radius 3 is 2.43 bits per heavy atom. The molecule has 1 heterocycles. The fourth-order valence-corrected chi connectivity index (χ4v) is 3.81. The van der Waals surface area contributed by atoms with Crippen molar-refractivity contribution in [1.29, 1.82) is 0 Å². The number of rotatable bonds is 3. The van der Waals surface area contributed by atoms with Crippen LogP contribution in [0.15, 0.2) is 18.2 Å². The second-order valence-corrected chi connectivity index (χ2v) is 6.43. The van der Waals surface area contributed by atoms with Gasteiger partial charge in [0.15, 0.2) is 0 Å². The minimum atomic E-state index is -0.140. The zero-order valence-electron chi connectivity index (χ0n) is 12.9. The van der Waals surface area contributed by atoms with Gasteiger partial charge in [0.2, 0.25) is 0 Å². The molecule has 2 fully saturated rings. The van der Waals surface area contributed by atoms with Gasteiger partial charge in [-0.3, -0.25) is 4.90 Å². The van der Waals surface area contributed by atoms with Gasteiger partial charge in [-0.1, -0.05) is 25.0 Å². The van der Waals surface area contributed by atoms with Crippen LogP contribution in [0.5, 0.6) is 0 Å². The van der Waals surface area contributed by atoms with E-state index in [-0.39, 0.29) is 11.9 Å². The van der Waals surface area contributed by atoms with Gasteiger partial charge in [-0.05, 0) is 31.4 Å². The van der Waals surface area contributed by atoms with Gasteiger partial charge in [0.05, 0.1) is 5.69 Å². The van der Waals surface area contributed by atoms with Crippen molar-refractivity contribution >= 4 is 5.69 Å². The molecule has 21 heavy (non-hydrogen) atoms. The van der Waals surface area contributed by atoms with Crippen LogP contribution in [0.2, 0.25) is 0 Å². The van der Waals surface area contributed by atoms with Crippen molar-refractivity contribution in [3.63, 3.8) is 0 Å². The molecular formula is C17H26FN3. The van der Waals surface area contributed by atoms with Crippen molar-refractivity contribution in [2.75, 3.05) is 31.1 Å². The first kappa shape index (κ1) is 14.8. The Morgan fingerprint density at radius 2 is 1.81 bits per heavy atom. The molecule has 2 N–H and O–H groups in total. The lowest BCUT2D eigenvalue weighted by atomic mass is 10.0. The quantitative estimate of drug-likeness (QED) is 0.929. The Hall–Kier alpha value is -1.13. The molecule has 1 aliphatic heterocycles. The molecule has 1 aromatic carbocycles. The Bertz CT molecular complexity index is 475. The molecule has 0 amide bonds. The summed E-state index contributed by atoms with van der Waals surface area (Å²) < 4.78 is 14.3. The highest BCUT2D eigenvalue weighted by Gasteiger charge is 2.28. The summed E-state index contributed by atoms with van der Waals surface area (Å²) in [7, 11) is 0. The molecular weight excluding hydrogens is 265 g/mol. The average molecular weight is 291 g/mol. The molecule has 0 radical (unpaired) electrons.